The van der Waals surface area contributed by atoms with Gasteiger partial charge in [0.05, 0.1) is 5.60 Å². The second-order valence-corrected chi connectivity index (χ2v) is 5.01. The van der Waals surface area contributed by atoms with Gasteiger partial charge in [-0.1, -0.05) is 37.0 Å². The van der Waals surface area contributed by atoms with Gasteiger partial charge < -0.3 is 15.3 Å². The van der Waals surface area contributed by atoms with Gasteiger partial charge in [-0.2, -0.15) is 0 Å². The molecule has 1 unspecified atom stereocenters. The molecule has 0 fully saturated rings. The molecule has 1 aliphatic carbocycles. The first kappa shape index (κ1) is 21.2. The van der Waals surface area contributed by atoms with Gasteiger partial charge in [0.15, 0.2) is 0 Å². The second kappa shape index (κ2) is 9.72. The third kappa shape index (κ3) is 14.1. The van der Waals surface area contributed by atoms with Gasteiger partial charge in [0.1, 0.15) is 0 Å². The molecule has 0 amide bonds. The van der Waals surface area contributed by atoms with E-state index in [1.165, 1.54) is 19.4 Å². The van der Waals surface area contributed by atoms with Gasteiger partial charge in [-0.25, -0.2) is 9.59 Å². The number of hydrogen-bond acceptors (Lipinski definition) is 3. The van der Waals surface area contributed by atoms with Crippen LogP contribution in [0.3, 0.4) is 0 Å². The third-order valence-electron chi connectivity index (χ3n) is 2.27. The Morgan fingerprint density at radius 3 is 1.62 bits per heavy atom. The highest BCUT2D eigenvalue weighted by atomic mass is 16.4. The van der Waals surface area contributed by atoms with Crippen molar-refractivity contribution in [1.29, 1.82) is 0 Å². The molecule has 1 aliphatic rings. The zero-order valence-corrected chi connectivity index (χ0v) is 13.0. The van der Waals surface area contributed by atoms with Crippen molar-refractivity contribution in [2.75, 3.05) is 0 Å². The van der Waals surface area contributed by atoms with Gasteiger partial charge in [-0.3, -0.25) is 0 Å². The Morgan fingerprint density at radius 2 is 1.48 bits per heavy atom. The molecule has 1 atom stereocenters. The molecule has 5 nitrogen and oxygen atoms in total. The minimum absolute atomic E-state index is 0.176. The molecule has 0 radical (unpaired) electrons. The average Bonchev–Trinajstić information content (AvgIpc) is 2.34. The molecule has 5 heteroatoms. The molecular weight excluding hydrogens is 272 g/mol. The van der Waals surface area contributed by atoms with Crippen LogP contribution < -0.4 is 0 Å². The lowest BCUT2D eigenvalue weighted by molar-refractivity contribution is -0.133. The summed E-state index contributed by atoms with van der Waals surface area (Å²) in [4.78, 5) is 19.2. The maximum atomic E-state index is 9.60. The summed E-state index contributed by atoms with van der Waals surface area (Å²) < 4.78 is 0. The van der Waals surface area contributed by atoms with Crippen LogP contribution >= 0.6 is 0 Å². The van der Waals surface area contributed by atoms with Crippen molar-refractivity contribution in [1.82, 2.24) is 0 Å². The number of hydrogen-bond donors (Lipinski definition) is 3. The standard InChI is InChI=1S/C8H12O.2C4H6O2/c1-7-3-5-8(2,9)6-4-7;2*1-3(2)4(5)6/h3-5,9H,6H2,1-2H3;2*1H2,2H3,(H,5,6). The van der Waals surface area contributed by atoms with Crippen molar-refractivity contribution in [2.45, 2.75) is 39.7 Å². The van der Waals surface area contributed by atoms with Crippen LogP contribution in [0.25, 0.3) is 0 Å². The van der Waals surface area contributed by atoms with Crippen molar-refractivity contribution in [3.63, 3.8) is 0 Å². The number of rotatable bonds is 2. The molecular formula is C16H24O5. The number of carboxylic acids is 2. The molecule has 0 saturated carbocycles. The lowest BCUT2D eigenvalue weighted by Crippen LogP contribution is -2.21. The Hall–Kier alpha value is -2.14. The number of aliphatic hydroxyl groups is 1. The topological polar surface area (TPSA) is 94.8 Å². The molecule has 0 saturated heterocycles. The van der Waals surface area contributed by atoms with Gasteiger partial charge in [-0.15, -0.1) is 0 Å². The van der Waals surface area contributed by atoms with Crippen molar-refractivity contribution < 1.29 is 24.9 Å². The first-order valence-electron chi connectivity index (χ1n) is 6.25. The molecule has 0 aliphatic heterocycles. The fourth-order valence-electron chi connectivity index (χ4n) is 0.815. The van der Waals surface area contributed by atoms with Gasteiger partial charge in [0, 0.05) is 11.1 Å². The Morgan fingerprint density at radius 1 is 1.14 bits per heavy atom. The fourth-order valence-corrected chi connectivity index (χ4v) is 0.815. The van der Waals surface area contributed by atoms with Crippen LogP contribution in [0.15, 0.2) is 48.1 Å². The molecule has 0 spiro atoms. The van der Waals surface area contributed by atoms with E-state index in [0.29, 0.717) is 0 Å². The van der Waals surface area contributed by atoms with Crippen molar-refractivity contribution in [3.8, 4) is 0 Å². The van der Waals surface area contributed by atoms with Crippen LogP contribution in [-0.4, -0.2) is 32.9 Å². The van der Waals surface area contributed by atoms with E-state index >= 15 is 0 Å². The predicted octanol–water partition coefficient (Wildman–Crippen LogP) is 2.94. The molecule has 118 valence electrons. The minimum Gasteiger partial charge on any atom is -0.478 e. The maximum absolute atomic E-state index is 9.60. The van der Waals surface area contributed by atoms with Crippen molar-refractivity contribution >= 4 is 11.9 Å². The van der Waals surface area contributed by atoms with Gasteiger partial charge in [0.25, 0.3) is 0 Å². The normalized spacial score (nSPS) is 19.0. The van der Waals surface area contributed by atoms with E-state index in [1.807, 2.05) is 32.1 Å². The lowest BCUT2D eigenvalue weighted by Gasteiger charge is -2.19. The summed E-state index contributed by atoms with van der Waals surface area (Å²) in [5.74, 6) is -1.87. The smallest absolute Gasteiger partial charge is 0.330 e. The highest BCUT2D eigenvalue weighted by Crippen LogP contribution is 2.18. The fraction of sp³-hybridized carbons (Fsp3) is 0.375. The molecule has 0 aromatic rings. The van der Waals surface area contributed by atoms with Crippen LogP contribution in [-0.2, 0) is 9.59 Å². The molecule has 21 heavy (non-hydrogen) atoms. The first-order chi connectivity index (χ1) is 9.39. The highest BCUT2D eigenvalue weighted by molar-refractivity contribution is 5.85. The van der Waals surface area contributed by atoms with Crippen LogP contribution in [0.1, 0.15) is 34.1 Å². The van der Waals surface area contributed by atoms with E-state index in [-0.39, 0.29) is 11.1 Å². The zero-order valence-electron chi connectivity index (χ0n) is 13.0. The van der Waals surface area contributed by atoms with Gasteiger partial charge in [-0.05, 0) is 34.1 Å². The lowest BCUT2D eigenvalue weighted by atomic mass is 9.95. The summed E-state index contributed by atoms with van der Waals surface area (Å²) in [6.07, 6.45) is 6.57. The van der Waals surface area contributed by atoms with E-state index in [9.17, 15) is 14.7 Å². The first-order valence-corrected chi connectivity index (χ1v) is 6.25. The molecule has 0 aromatic carbocycles. The SMILES string of the molecule is C=C(C)C(=O)O.C=C(C)C(=O)O.CC1=CCC(C)(O)C=C1. The summed E-state index contributed by atoms with van der Waals surface area (Å²) in [6, 6.07) is 0. The summed E-state index contributed by atoms with van der Waals surface area (Å²) >= 11 is 0. The largest absolute Gasteiger partial charge is 0.478 e. The van der Waals surface area contributed by atoms with Crippen molar-refractivity contribution in [3.05, 3.63) is 48.1 Å². The predicted molar refractivity (Wildman–Crippen MR) is 83.0 cm³/mol. The van der Waals surface area contributed by atoms with Gasteiger partial charge in [0.2, 0.25) is 0 Å². The minimum atomic E-state index is -0.935. The quantitative estimate of drug-likeness (QED) is 0.681. The summed E-state index contributed by atoms with van der Waals surface area (Å²) in [5.41, 5.74) is 0.992. The van der Waals surface area contributed by atoms with Crippen molar-refractivity contribution in [2.24, 2.45) is 0 Å². The molecule has 1 rings (SSSR count). The van der Waals surface area contributed by atoms with E-state index in [0.717, 1.165) is 6.42 Å². The van der Waals surface area contributed by atoms with Gasteiger partial charge >= 0.3 is 11.9 Å². The Bertz CT molecular complexity index is 419. The maximum Gasteiger partial charge on any atom is 0.330 e. The average molecular weight is 296 g/mol. The van der Waals surface area contributed by atoms with Crippen LogP contribution in [0.2, 0.25) is 0 Å². The Balaban J connectivity index is 0. The molecule has 3 N–H and O–H groups in total. The van der Waals surface area contributed by atoms with Crippen LogP contribution in [0.4, 0.5) is 0 Å². The zero-order chi connectivity index (χ0) is 17.2. The van der Waals surface area contributed by atoms with E-state index in [4.69, 9.17) is 10.2 Å². The van der Waals surface area contributed by atoms with E-state index in [2.05, 4.69) is 13.2 Å². The number of carbonyl (C=O) groups is 2. The number of allylic oxidation sites excluding steroid dienone is 2. The third-order valence-corrected chi connectivity index (χ3v) is 2.27. The molecule has 0 heterocycles. The summed E-state index contributed by atoms with van der Waals surface area (Å²) in [5, 5.41) is 25.1. The molecule has 0 aromatic heterocycles. The monoisotopic (exact) mass is 296 g/mol. The summed E-state index contributed by atoms with van der Waals surface area (Å²) in [7, 11) is 0. The van der Waals surface area contributed by atoms with E-state index < -0.39 is 17.5 Å². The Kier molecular flexibility index (Phi) is 9.79. The van der Waals surface area contributed by atoms with Crippen LogP contribution in [0.5, 0.6) is 0 Å². The number of aliphatic carboxylic acids is 2. The number of carboxylic acid groups (broad SMARTS) is 2. The highest BCUT2D eigenvalue weighted by Gasteiger charge is 2.16. The second-order valence-electron chi connectivity index (χ2n) is 5.01. The van der Waals surface area contributed by atoms with E-state index in [1.54, 1.807) is 0 Å². The Labute approximate surface area is 125 Å². The summed E-state index contributed by atoms with van der Waals surface area (Å²) in [6.45, 7) is 13.0. The molecule has 0 bridgehead atoms. The van der Waals surface area contributed by atoms with Crippen LogP contribution in [0, 0.1) is 0 Å².